The molecular formula is C18H26N2O. The van der Waals surface area contributed by atoms with Gasteiger partial charge in [0.1, 0.15) is 0 Å². The zero-order chi connectivity index (χ0) is 14.7. The van der Waals surface area contributed by atoms with Crippen LogP contribution in [0.25, 0.3) is 0 Å². The van der Waals surface area contributed by atoms with Gasteiger partial charge in [-0.15, -0.1) is 0 Å². The maximum absolute atomic E-state index is 12.8. The monoisotopic (exact) mass is 286 g/mol. The Morgan fingerprint density at radius 1 is 1.29 bits per heavy atom. The van der Waals surface area contributed by atoms with E-state index in [1.165, 1.54) is 24.8 Å². The van der Waals surface area contributed by atoms with Gasteiger partial charge < -0.3 is 10.2 Å². The molecule has 0 spiro atoms. The Kier molecular flexibility index (Phi) is 4.59. The molecule has 2 atom stereocenters. The molecule has 0 bridgehead atoms. The van der Waals surface area contributed by atoms with Crippen LogP contribution in [-0.2, 0) is 11.3 Å². The van der Waals surface area contributed by atoms with Crippen molar-refractivity contribution < 1.29 is 4.79 Å². The van der Waals surface area contributed by atoms with Crippen LogP contribution in [0.3, 0.4) is 0 Å². The number of nitrogens with zero attached hydrogens (tertiary/aromatic N) is 1. The van der Waals surface area contributed by atoms with Crippen molar-refractivity contribution >= 4 is 5.91 Å². The molecule has 2 unspecified atom stereocenters. The minimum Gasteiger partial charge on any atom is -0.335 e. The molecule has 1 amide bonds. The van der Waals surface area contributed by atoms with Crippen LogP contribution in [0.5, 0.6) is 0 Å². The molecular weight excluding hydrogens is 260 g/mol. The van der Waals surface area contributed by atoms with Crippen molar-refractivity contribution in [2.75, 3.05) is 6.54 Å². The summed E-state index contributed by atoms with van der Waals surface area (Å²) in [6.07, 6.45) is 5.56. The number of nitrogens with one attached hydrogen (secondary N) is 1. The van der Waals surface area contributed by atoms with Crippen molar-refractivity contribution in [3.63, 3.8) is 0 Å². The zero-order valence-electron chi connectivity index (χ0n) is 12.9. The maximum atomic E-state index is 12.8. The number of amides is 1. The zero-order valence-corrected chi connectivity index (χ0v) is 12.9. The fraction of sp³-hybridized carbons (Fsp3) is 0.611. The summed E-state index contributed by atoms with van der Waals surface area (Å²) in [7, 11) is 0. The van der Waals surface area contributed by atoms with Crippen LogP contribution in [0.2, 0.25) is 0 Å². The van der Waals surface area contributed by atoms with Gasteiger partial charge in [-0.3, -0.25) is 4.79 Å². The third-order valence-electron chi connectivity index (χ3n) is 4.90. The Morgan fingerprint density at radius 2 is 2.05 bits per heavy atom. The molecule has 0 radical (unpaired) electrons. The lowest BCUT2D eigenvalue weighted by Gasteiger charge is -2.30. The second kappa shape index (κ2) is 6.61. The van der Waals surface area contributed by atoms with Gasteiger partial charge in [-0.2, -0.15) is 0 Å². The first-order valence-electron chi connectivity index (χ1n) is 8.31. The van der Waals surface area contributed by atoms with Gasteiger partial charge in [0, 0.05) is 25.0 Å². The van der Waals surface area contributed by atoms with Crippen molar-refractivity contribution in [1.82, 2.24) is 10.2 Å². The van der Waals surface area contributed by atoms with Gasteiger partial charge in [-0.1, -0.05) is 30.3 Å². The fourth-order valence-electron chi connectivity index (χ4n) is 3.33. The largest absolute Gasteiger partial charge is 0.335 e. The average molecular weight is 286 g/mol. The van der Waals surface area contributed by atoms with Gasteiger partial charge in [0.2, 0.25) is 5.91 Å². The number of hydrogen-bond acceptors (Lipinski definition) is 2. The first-order chi connectivity index (χ1) is 10.2. The highest BCUT2D eigenvalue weighted by molar-refractivity contribution is 5.77. The van der Waals surface area contributed by atoms with E-state index in [0.29, 0.717) is 30.3 Å². The lowest BCUT2D eigenvalue weighted by Crippen LogP contribution is -2.42. The first-order valence-corrected chi connectivity index (χ1v) is 8.31. The van der Waals surface area contributed by atoms with Gasteiger partial charge in [0.25, 0.3) is 0 Å². The SMILES string of the molecule is CC(C1CC1)N(Cc1ccccc1)C(=O)CC1CCCN1. The summed E-state index contributed by atoms with van der Waals surface area (Å²) < 4.78 is 0. The van der Waals surface area contributed by atoms with E-state index in [1.54, 1.807) is 0 Å². The molecule has 1 saturated heterocycles. The number of carbonyl (C=O) groups excluding carboxylic acids is 1. The van der Waals surface area contributed by atoms with E-state index in [0.717, 1.165) is 19.5 Å². The highest BCUT2D eigenvalue weighted by atomic mass is 16.2. The lowest BCUT2D eigenvalue weighted by molar-refractivity contribution is -0.134. The van der Waals surface area contributed by atoms with E-state index < -0.39 is 0 Å². The average Bonchev–Trinajstić information content (AvgIpc) is 3.23. The second-order valence-corrected chi connectivity index (χ2v) is 6.58. The molecule has 1 aromatic carbocycles. The molecule has 21 heavy (non-hydrogen) atoms. The Hall–Kier alpha value is -1.35. The number of hydrogen-bond donors (Lipinski definition) is 1. The van der Waals surface area contributed by atoms with Gasteiger partial charge in [0.15, 0.2) is 0 Å². The molecule has 3 heteroatoms. The number of carbonyl (C=O) groups is 1. The molecule has 1 aliphatic heterocycles. The van der Waals surface area contributed by atoms with Crippen molar-refractivity contribution in [2.45, 2.75) is 57.7 Å². The van der Waals surface area contributed by atoms with E-state index in [4.69, 9.17) is 0 Å². The molecule has 1 N–H and O–H groups in total. The summed E-state index contributed by atoms with van der Waals surface area (Å²) in [4.78, 5) is 14.9. The Morgan fingerprint density at radius 3 is 2.67 bits per heavy atom. The standard InChI is InChI=1S/C18H26N2O/c1-14(16-9-10-16)20(13-15-6-3-2-4-7-15)18(21)12-17-8-5-11-19-17/h2-4,6-7,14,16-17,19H,5,8-13H2,1H3. The van der Waals surface area contributed by atoms with E-state index in [1.807, 2.05) is 6.07 Å². The summed E-state index contributed by atoms with van der Waals surface area (Å²) in [6.45, 7) is 4.04. The Bertz CT molecular complexity index is 463. The molecule has 1 aromatic rings. The molecule has 2 fully saturated rings. The van der Waals surface area contributed by atoms with Crippen molar-refractivity contribution in [3.8, 4) is 0 Å². The molecule has 0 aromatic heterocycles. The lowest BCUT2D eigenvalue weighted by atomic mass is 10.1. The van der Waals surface area contributed by atoms with Crippen LogP contribution in [0.1, 0.15) is 44.6 Å². The summed E-state index contributed by atoms with van der Waals surface area (Å²) in [5.74, 6) is 1.03. The first kappa shape index (κ1) is 14.6. The minimum atomic E-state index is 0.317. The Labute approximate surface area is 127 Å². The van der Waals surface area contributed by atoms with E-state index in [9.17, 15) is 4.79 Å². The molecule has 1 heterocycles. The van der Waals surface area contributed by atoms with Crippen LogP contribution < -0.4 is 5.32 Å². The van der Waals surface area contributed by atoms with Crippen molar-refractivity contribution in [3.05, 3.63) is 35.9 Å². The predicted octanol–water partition coefficient (Wildman–Crippen LogP) is 2.96. The quantitative estimate of drug-likeness (QED) is 0.872. The summed E-state index contributed by atoms with van der Waals surface area (Å²) in [6, 6.07) is 11.1. The summed E-state index contributed by atoms with van der Waals surface area (Å²) in [5.41, 5.74) is 1.23. The molecule has 3 nitrogen and oxygen atoms in total. The smallest absolute Gasteiger partial charge is 0.224 e. The van der Waals surface area contributed by atoms with Crippen LogP contribution >= 0.6 is 0 Å². The van der Waals surface area contributed by atoms with E-state index >= 15 is 0 Å². The molecule has 3 rings (SSSR count). The highest BCUT2D eigenvalue weighted by Gasteiger charge is 2.35. The van der Waals surface area contributed by atoms with Gasteiger partial charge in [-0.05, 0) is 50.6 Å². The van der Waals surface area contributed by atoms with Crippen LogP contribution in [0.15, 0.2) is 30.3 Å². The van der Waals surface area contributed by atoms with Crippen LogP contribution in [0, 0.1) is 5.92 Å². The minimum absolute atomic E-state index is 0.317. The van der Waals surface area contributed by atoms with Gasteiger partial charge in [-0.25, -0.2) is 0 Å². The van der Waals surface area contributed by atoms with Gasteiger partial charge >= 0.3 is 0 Å². The van der Waals surface area contributed by atoms with Crippen molar-refractivity contribution in [1.29, 1.82) is 0 Å². The maximum Gasteiger partial charge on any atom is 0.224 e. The van der Waals surface area contributed by atoms with E-state index in [-0.39, 0.29) is 0 Å². The normalized spacial score (nSPS) is 23.0. The topological polar surface area (TPSA) is 32.3 Å². The third-order valence-corrected chi connectivity index (χ3v) is 4.90. The molecule has 114 valence electrons. The predicted molar refractivity (Wildman–Crippen MR) is 84.8 cm³/mol. The number of rotatable bonds is 6. The Balaban J connectivity index is 1.67. The summed E-state index contributed by atoms with van der Waals surface area (Å²) >= 11 is 0. The number of benzene rings is 1. The van der Waals surface area contributed by atoms with Gasteiger partial charge in [0.05, 0.1) is 0 Å². The fourth-order valence-corrected chi connectivity index (χ4v) is 3.33. The summed E-state index contributed by atoms with van der Waals surface area (Å²) in [5, 5.41) is 3.44. The van der Waals surface area contributed by atoms with Crippen LogP contribution in [0.4, 0.5) is 0 Å². The molecule has 1 aliphatic carbocycles. The molecule has 1 saturated carbocycles. The van der Waals surface area contributed by atoms with Crippen LogP contribution in [-0.4, -0.2) is 29.4 Å². The van der Waals surface area contributed by atoms with E-state index in [2.05, 4.69) is 41.4 Å². The highest BCUT2D eigenvalue weighted by Crippen LogP contribution is 2.36. The molecule has 2 aliphatic rings. The van der Waals surface area contributed by atoms with Crippen molar-refractivity contribution in [2.24, 2.45) is 5.92 Å². The third kappa shape index (κ3) is 3.85. The second-order valence-electron chi connectivity index (χ2n) is 6.58.